The summed E-state index contributed by atoms with van der Waals surface area (Å²) in [6.45, 7) is 0.856. The van der Waals surface area contributed by atoms with Crippen molar-refractivity contribution in [2.75, 3.05) is 6.54 Å². The third-order valence-corrected chi connectivity index (χ3v) is 3.24. The van der Waals surface area contributed by atoms with Crippen molar-refractivity contribution in [2.45, 2.75) is 31.7 Å². The zero-order valence-corrected chi connectivity index (χ0v) is 8.98. The van der Waals surface area contributed by atoms with E-state index in [2.05, 4.69) is 5.32 Å². The molecule has 0 radical (unpaired) electrons. The third kappa shape index (κ3) is 3.24. The molecule has 1 heterocycles. The van der Waals surface area contributed by atoms with Gasteiger partial charge in [-0.3, -0.25) is 4.79 Å². The van der Waals surface area contributed by atoms with Crippen LogP contribution in [-0.2, 0) is 11.2 Å². The number of rotatable bonds is 6. The van der Waals surface area contributed by atoms with E-state index >= 15 is 0 Å². The first-order valence-corrected chi connectivity index (χ1v) is 6.00. The Hall–Kier alpha value is -0.670. The Morgan fingerprint density at radius 3 is 3.07 bits per heavy atom. The molecule has 0 spiro atoms. The van der Waals surface area contributed by atoms with E-state index in [4.69, 9.17) is 0 Å². The number of hydrogen-bond donors (Lipinski definition) is 1. The van der Waals surface area contributed by atoms with Gasteiger partial charge in [-0.2, -0.15) is 0 Å². The normalized spacial score (nSPS) is 15.7. The first kappa shape index (κ1) is 9.87. The molecule has 1 saturated carbocycles. The van der Waals surface area contributed by atoms with Gasteiger partial charge in [0.05, 0.1) is 0 Å². The molecular formula is C11H15NOS. The van der Waals surface area contributed by atoms with Crippen LogP contribution in [0.5, 0.6) is 0 Å². The Morgan fingerprint density at radius 1 is 1.57 bits per heavy atom. The highest BCUT2D eigenvalue weighted by atomic mass is 32.1. The lowest BCUT2D eigenvalue weighted by Crippen LogP contribution is -2.20. The number of ketones is 1. The molecule has 1 fully saturated rings. The maximum Gasteiger partial charge on any atom is 0.139 e. The topological polar surface area (TPSA) is 29.1 Å². The molecule has 2 rings (SSSR count). The van der Waals surface area contributed by atoms with Crippen LogP contribution in [0.25, 0.3) is 0 Å². The highest BCUT2D eigenvalue weighted by molar-refractivity contribution is 7.10. The standard InChI is InChI=1S/C11H15NOS/c13-10(5-6-12-9-3-4-9)8-11-2-1-7-14-11/h1-2,7,9,12H,3-6,8H2. The number of nitrogens with one attached hydrogen (secondary N) is 1. The largest absolute Gasteiger partial charge is 0.314 e. The van der Waals surface area contributed by atoms with E-state index in [-0.39, 0.29) is 0 Å². The van der Waals surface area contributed by atoms with Crippen LogP contribution in [0.4, 0.5) is 0 Å². The van der Waals surface area contributed by atoms with Gasteiger partial charge >= 0.3 is 0 Å². The molecule has 14 heavy (non-hydrogen) atoms. The minimum Gasteiger partial charge on any atom is -0.314 e. The molecule has 0 saturated heterocycles. The Kier molecular flexibility index (Phi) is 3.32. The van der Waals surface area contributed by atoms with Gasteiger partial charge in [0.2, 0.25) is 0 Å². The highest BCUT2D eigenvalue weighted by Gasteiger charge is 2.20. The van der Waals surface area contributed by atoms with Gasteiger partial charge in [0, 0.05) is 30.3 Å². The van der Waals surface area contributed by atoms with E-state index in [1.807, 2.05) is 17.5 Å². The van der Waals surface area contributed by atoms with Crippen molar-refractivity contribution in [3.8, 4) is 0 Å². The second kappa shape index (κ2) is 4.71. The lowest BCUT2D eigenvalue weighted by atomic mass is 10.2. The quantitative estimate of drug-likeness (QED) is 0.776. The van der Waals surface area contributed by atoms with Crippen molar-refractivity contribution in [1.82, 2.24) is 5.32 Å². The van der Waals surface area contributed by atoms with Crippen LogP contribution in [-0.4, -0.2) is 18.4 Å². The summed E-state index contributed by atoms with van der Waals surface area (Å²) in [6.07, 6.45) is 3.87. The summed E-state index contributed by atoms with van der Waals surface area (Å²) >= 11 is 1.66. The fourth-order valence-corrected chi connectivity index (χ4v) is 2.13. The van der Waals surface area contributed by atoms with Gasteiger partial charge in [0.15, 0.2) is 0 Å². The van der Waals surface area contributed by atoms with Crippen molar-refractivity contribution in [1.29, 1.82) is 0 Å². The second-order valence-electron chi connectivity index (χ2n) is 3.77. The number of carbonyl (C=O) groups excluding carboxylic acids is 1. The van der Waals surface area contributed by atoms with Gasteiger partial charge in [-0.25, -0.2) is 0 Å². The van der Waals surface area contributed by atoms with Gasteiger partial charge in [-0.1, -0.05) is 6.07 Å². The summed E-state index contributed by atoms with van der Waals surface area (Å²) in [4.78, 5) is 12.7. The number of hydrogen-bond acceptors (Lipinski definition) is 3. The molecule has 0 atom stereocenters. The molecule has 0 aliphatic heterocycles. The SMILES string of the molecule is O=C(CCNC1CC1)Cc1cccs1. The first-order valence-electron chi connectivity index (χ1n) is 5.12. The van der Waals surface area contributed by atoms with Crippen LogP contribution in [0.1, 0.15) is 24.1 Å². The number of thiophene rings is 1. The minimum atomic E-state index is 0.348. The van der Waals surface area contributed by atoms with E-state index in [9.17, 15) is 4.79 Å². The fourth-order valence-electron chi connectivity index (χ4n) is 1.40. The molecule has 1 aliphatic carbocycles. The van der Waals surface area contributed by atoms with Crippen LogP contribution in [0, 0.1) is 0 Å². The number of carbonyl (C=O) groups is 1. The van der Waals surface area contributed by atoms with Crippen molar-refractivity contribution < 1.29 is 4.79 Å². The average Bonchev–Trinajstić information content (AvgIpc) is 2.83. The van der Waals surface area contributed by atoms with E-state index in [0.717, 1.165) is 6.54 Å². The molecule has 3 heteroatoms. The highest BCUT2D eigenvalue weighted by Crippen LogP contribution is 2.18. The van der Waals surface area contributed by atoms with Gasteiger partial charge < -0.3 is 5.32 Å². The van der Waals surface area contributed by atoms with Crippen molar-refractivity contribution in [3.63, 3.8) is 0 Å². The third-order valence-electron chi connectivity index (χ3n) is 2.37. The Bertz CT molecular complexity index is 290. The molecule has 0 aromatic carbocycles. The lowest BCUT2D eigenvalue weighted by Gasteiger charge is -2.00. The van der Waals surface area contributed by atoms with E-state index in [0.29, 0.717) is 24.7 Å². The van der Waals surface area contributed by atoms with Gasteiger partial charge in [-0.15, -0.1) is 11.3 Å². The summed E-state index contributed by atoms with van der Waals surface area (Å²) in [5, 5.41) is 5.37. The van der Waals surface area contributed by atoms with Crippen molar-refractivity contribution in [3.05, 3.63) is 22.4 Å². The molecule has 0 amide bonds. The maximum atomic E-state index is 11.5. The van der Waals surface area contributed by atoms with Crippen LogP contribution in [0.3, 0.4) is 0 Å². The number of Topliss-reactive ketones (excluding diaryl/α,β-unsaturated/α-hetero) is 1. The zero-order valence-electron chi connectivity index (χ0n) is 8.16. The molecule has 1 aliphatic rings. The summed E-state index contributed by atoms with van der Waals surface area (Å²) < 4.78 is 0. The average molecular weight is 209 g/mol. The summed E-state index contributed by atoms with van der Waals surface area (Å²) in [5.74, 6) is 0.348. The maximum absolute atomic E-state index is 11.5. The van der Waals surface area contributed by atoms with Gasteiger partial charge in [0.25, 0.3) is 0 Å². The smallest absolute Gasteiger partial charge is 0.139 e. The molecule has 0 unspecified atom stereocenters. The molecule has 76 valence electrons. The summed E-state index contributed by atoms with van der Waals surface area (Å²) in [7, 11) is 0. The summed E-state index contributed by atoms with van der Waals surface area (Å²) in [6, 6.07) is 4.73. The van der Waals surface area contributed by atoms with E-state index < -0.39 is 0 Å². The predicted molar refractivity (Wildman–Crippen MR) is 58.7 cm³/mol. The molecule has 2 nitrogen and oxygen atoms in total. The molecule has 1 aromatic heterocycles. The van der Waals surface area contributed by atoms with Gasteiger partial charge in [-0.05, 0) is 24.3 Å². The zero-order chi connectivity index (χ0) is 9.80. The Morgan fingerprint density at radius 2 is 2.43 bits per heavy atom. The minimum absolute atomic E-state index is 0.348. The van der Waals surface area contributed by atoms with E-state index in [1.54, 1.807) is 11.3 Å². The molecule has 0 bridgehead atoms. The van der Waals surface area contributed by atoms with E-state index in [1.165, 1.54) is 17.7 Å². The Balaban J connectivity index is 1.62. The lowest BCUT2D eigenvalue weighted by molar-refractivity contribution is -0.118. The van der Waals surface area contributed by atoms with Gasteiger partial charge in [0.1, 0.15) is 5.78 Å². The molecule has 1 N–H and O–H groups in total. The van der Waals surface area contributed by atoms with Crippen LogP contribution in [0.15, 0.2) is 17.5 Å². The van der Waals surface area contributed by atoms with Crippen LogP contribution < -0.4 is 5.32 Å². The van der Waals surface area contributed by atoms with Crippen molar-refractivity contribution in [2.24, 2.45) is 0 Å². The molecular weight excluding hydrogens is 194 g/mol. The van der Waals surface area contributed by atoms with Crippen molar-refractivity contribution >= 4 is 17.1 Å². The van der Waals surface area contributed by atoms with Crippen LogP contribution >= 0.6 is 11.3 Å². The second-order valence-corrected chi connectivity index (χ2v) is 4.81. The fraction of sp³-hybridized carbons (Fsp3) is 0.545. The van der Waals surface area contributed by atoms with Crippen LogP contribution in [0.2, 0.25) is 0 Å². The molecule has 1 aromatic rings. The summed E-state index contributed by atoms with van der Waals surface area (Å²) in [5.41, 5.74) is 0. The monoisotopic (exact) mass is 209 g/mol. The first-order chi connectivity index (χ1) is 6.84. The predicted octanol–water partition coefficient (Wildman–Crippen LogP) is 2.00. The Labute approximate surface area is 88.3 Å².